The van der Waals surface area contributed by atoms with Gasteiger partial charge in [-0.15, -0.1) is 11.8 Å². The molecule has 1 aromatic heterocycles. The number of nitrogens with zero attached hydrogens (tertiary/aromatic N) is 3. The Hall–Kier alpha value is -2.68. The number of ether oxygens (including phenoxy) is 2. The van der Waals surface area contributed by atoms with Crippen LogP contribution in [0.2, 0.25) is 0 Å². The third-order valence-electron chi connectivity index (χ3n) is 5.51. The van der Waals surface area contributed by atoms with Crippen LogP contribution in [0, 0.1) is 6.92 Å². The van der Waals surface area contributed by atoms with Crippen molar-refractivity contribution in [2.24, 2.45) is 7.05 Å². The van der Waals surface area contributed by atoms with Gasteiger partial charge in [-0.05, 0) is 26.8 Å². The Morgan fingerprint density at radius 2 is 2.00 bits per heavy atom. The van der Waals surface area contributed by atoms with Crippen molar-refractivity contribution in [2.75, 3.05) is 19.5 Å². The van der Waals surface area contributed by atoms with Crippen LogP contribution < -0.4 is 14.8 Å². The maximum Gasteiger partial charge on any atom is 0.260 e. The Bertz CT molecular complexity index is 997. The summed E-state index contributed by atoms with van der Waals surface area (Å²) in [6.07, 6.45) is 0. The van der Waals surface area contributed by atoms with Crippen molar-refractivity contribution in [3.8, 4) is 11.5 Å². The summed E-state index contributed by atoms with van der Waals surface area (Å²) in [5, 5.41) is 6.92. The average molecular weight is 417 g/mol. The summed E-state index contributed by atoms with van der Waals surface area (Å²) in [5.74, 6) is 0.895. The highest BCUT2D eigenvalue weighted by molar-refractivity contribution is 8.01. The molecule has 1 N–H and O–H groups in total. The molecule has 8 nitrogen and oxygen atoms in total. The lowest BCUT2D eigenvalue weighted by Crippen LogP contribution is -2.50. The number of aryl methyl sites for hydroxylation is 2. The fourth-order valence-corrected chi connectivity index (χ4v) is 5.65. The quantitative estimate of drug-likeness (QED) is 0.825. The minimum absolute atomic E-state index is 0.226. The van der Waals surface area contributed by atoms with E-state index in [1.807, 2.05) is 33.9 Å². The van der Waals surface area contributed by atoms with Gasteiger partial charge in [0, 0.05) is 29.1 Å². The van der Waals surface area contributed by atoms with E-state index in [1.54, 1.807) is 33.5 Å². The average Bonchev–Trinajstić information content (AvgIpc) is 3.22. The maximum atomic E-state index is 13.4. The van der Waals surface area contributed by atoms with Crippen molar-refractivity contribution in [2.45, 2.75) is 36.9 Å². The Labute approximate surface area is 173 Å². The summed E-state index contributed by atoms with van der Waals surface area (Å²) >= 11 is 1.60. The first-order valence-electron chi connectivity index (χ1n) is 9.26. The van der Waals surface area contributed by atoms with Crippen LogP contribution in [0.1, 0.15) is 40.8 Å². The molecule has 29 heavy (non-hydrogen) atoms. The maximum absolute atomic E-state index is 13.4. The lowest BCUT2D eigenvalue weighted by atomic mass is 10.0. The molecular formula is C20H24N4O4S. The zero-order chi connectivity index (χ0) is 21.1. The number of thioether (sulfide) groups is 1. The van der Waals surface area contributed by atoms with E-state index in [-0.39, 0.29) is 17.2 Å². The first-order chi connectivity index (χ1) is 13.7. The zero-order valence-corrected chi connectivity index (χ0v) is 18.1. The number of nitrogens with one attached hydrogen (secondary N) is 1. The van der Waals surface area contributed by atoms with Crippen LogP contribution in [-0.2, 0) is 11.8 Å². The highest BCUT2D eigenvalue weighted by Crippen LogP contribution is 2.58. The van der Waals surface area contributed by atoms with E-state index < -0.39 is 10.8 Å². The number of anilines is 1. The molecule has 154 valence electrons. The molecule has 1 fully saturated rings. The molecule has 0 bridgehead atoms. The number of methoxy groups -OCH3 is 2. The summed E-state index contributed by atoms with van der Waals surface area (Å²) in [7, 11) is 4.87. The van der Waals surface area contributed by atoms with E-state index in [0.29, 0.717) is 22.9 Å². The van der Waals surface area contributed by atoms with E-state index in [0.717, 1.165) is 11.3 Å². The van der Waals surface area contributed by atoms with Crippen LogP contribution in [0.25, 0.3) is 0 Å². The molecular weight excluding hydrogens is 392 g/mol. The lowest BCUT2D eigenvalue weighted by molar-refractivity contribution is -0.121. The van der Waals surface area contributed by atoms with Gasteiger partial charge < -0.3 is 19.7 Å². The summed E-state index contributed by atoms with van der Waals surface area (Å²) in [4.78, 5) is 28.3. The Morgan fingerprint density at radius 1 is 1.28 bits per heavy atom. The summed E-state index contributed by atoms with van der Waals surface area (Å²) in [5.41, 5.74) is 2.24. The molecule has 2 aliphatic rings. The SMILES string of the molecule is COc1ccc2c(c1OC)C(=O)N1[C@@H](C(=O)Nc3cc(C)n(C)n3)C(C)(C)S[C@@H]21. The molecule has 4 rings (SSSR count). The van der Waals surface area contributed by atoms with Crippen molar-refractivity contribution in [3.05, 3.63) is 35.0 Å². The molecule has 9 heteroatoms. The second kappa shape index (κ2) is 6.69. The standard InChI is InChI=1S/C20H24N4O4S/c1-10-9-13(22-23(10)4)21-17(25)16-20(2,3)29-19-11-7-8-12(27-5)15(28-6)14(11)18(26)24(16)19/h7-9,16,19H,1-6H3,(H,21,22,25)/t16-,19-/m0/s1. The Morgan fingerprint density at radius 3 is 2.59 bits per heavy atom. The minimum Gasteiger partial charge on any atom is -0.493 e. The van der Waals surface area contributed by atoms with Gasteiger partial charge in [0.2, 0.25) is 5.91 Å². The van der Waals surface area contributed by atoms with Crippen LogP contribution >= 0.6 is 11.8 Å². The largest absolute Gasteiger partial charge is 0.493 e. The molecule has 0 unspecified atom stereocenters. The molecule has 0 aliphatic carbocycles. The van der Waals surface area contributed by atoms with Gasteiger partial charge >= 0.3 is 0 Å². The van der Waals surface area contributed by atoms with Crippen LogP contribution in [0.4, 0.5) is 5.82 Å². The molecule has 3 heterocycles. The van der Waals surface area contributed by atoms with E-state index in [1.165, 1.54) is 14.2 Å². The third kappa shape index (κ3) is 2.87. The smallest absolute Gasteiger partial charge is 0.260 e. The first kappa shape index (κ1) is 19.6. The monoisotopic (exact) mass is 416 g/mol. The number of benzene rings is 1. The van der Waals surface area contributed by atoms with E-state index in [4.69, 9.17) is 9.47 Å². The number of aromatic nitrogens is 2. The van der Waals surface area contributed by atoms with Gasteiger partial charge in [0.05, 0.1) is 19.8 Å². The number of carbonyl (C=O) groups is 2. The van der Waals surface area contributed by atoms with Crippen molar-refractivity contribution in [1.82, 2.24) is 14.7 Å². The van der Waals surface area contributed by atoms with Gasteiger partial charge in [-0.3, -0.25) is 14.3 Å². The zero-order valence-electron chi connectivity index (χ0n) is 17.3. The van der Waals surface area contributed by atoms with Gasteiger partial charge in [0.25, 0.3) is 5.91 Å². The van der Waals surface area contributed by atoms with Gasteiger partial charge in [-0.2, -0.15) is 5.10 Å². The number of fused-ring (bicyclic) bond motifs is 3. The van der Waals surface area contributed by atoms with Gasteiger partial charge in [-0.1, -0.05) is 6.07 Å². The number of hydrogen-bond acceptors (Lipinski definition) is 6. The summed E-state index contributed by atoms with van der Waals surface area (Å²) in [6, 6.07) is 4.82. The number of amides is 2. The fraction of sp³-hybridized carbons (Fsp3) is 0.450. The van der Waals surface area contributed by atoms with Crippen molar-refractivity contribution in [3.63, 3.8) is 0 Å². The minimum atomic E-state index is -0.657. The highest BCUT2D eigenvalue weighted by atomic mass is 32.2. The van der Waals surface area contributed by atoms with Crippen LogP contribution in [0.15, 0.2) is 18.2 Å². The van der Waals surface area contributed by atoms with E-state index >= 15 is 0 Å². The fourth-order valence-electron chi connectivity index (χ4n) is 4.07. The molecule has 0 spiro atoms. The normalized spacial score (nSPS) is 21.7. The van der Waals surface area contributed by atoms with Gasteiger partial charge in [-0.25, -0.2) is 0 Å². The molecule has 2 atom stereocenters. The van der Waals surface area contributed by atoms with E-state index in [2.05, 4.69) is 10.4 Å². The first-order valence-corrected chi connectivity index (χ1v) is 10.1. The highest BCUT2D eigenvalue weighted by Gasteiger charge is 2.58. The Balaban J connectivity index is 1.72. The second-order valence-electron chi connectivity index (χ2n) is 7.74. The number of hydrogen-bond donors (Lipinski definition) is 1. The van der Waals surface area contributed by atoms with Gasteiger partial charge in [0.15, 0.2) is 17.3 Å². The Kier molecular flexibility index (Phi) is 4.53. The molecule has 2 aromatic rings. The molecule has 0 radical (unpaired) electrons. The van der Waals surface area contributed by atoms with Crippen molar-refractivity contribution in [1.29, 1.82) is 0 Å². The summed E-state index contributed by atoms with van der Waals surface area (Å²) in [6.45, 7) is 5.88. The van der Waals surface area contributed by atoms with Crippen LogP contribution in [0.5, 0.6) is 11.5 Å². The third-order valence-corrected chi connectivity index (χ3v) is 7.05. The van der Waals surface area contributed by atoms with Crippen LogP contribution in [0.3, 0.4) is 0 Å². The molecule has 2 amide bonds. The molecule has 2 aliphatic heterocycles. The van der Waals surface area contributed by atoms with Crippen molar-refractivity contribution < 1.29 is 19.1 Å². The molecule has 0 saturated carbocycles. The van der Waals surface area contributed by atoms with Gasteiger partial charge in [0.1, 0.15) is 11.4 Å². The second-order valence-corrected chi connectivity index (χ2v) is 9.47. The van der Waals surface area contributed by atoms with Crippen LogP contribution in [-0.4, -0.2) is 51.5 Å². The van der Waals surface area contributed by atoms with Crippen molar-refractivity contribution >= 4 is 29.4 Å². The number of carbonyl (C=O) groups excluding carboxylic acids is 2. The number of rotatable bonds is 4. The lowest BCUT2D eigenvalue weighted by Gasteiger charge is -2.29. The predicted octanol–water partition coefficient (Wildman–Crippen LogP) is 2.73. The summed E-state index contributed by atoms with van der Waals surface area (Å²) < 4.78 is 12.0. The molecule has 1 saturated heterocycles. The topological polar surface area (TPSA) is 85.7 Å². The molecule has 1 aromatic carbocycles. The predicted molar refractivity (Wildman–Crippen MR) is 110 cm³/mol. The van der Waals surface area contributed by atoms with E-state index in [9.17, 15) is 9.59 Å².